The lowest BCUT2D eigenvalue weighted by atomic mass is 9.98. The van der Waals surface area contributed by atoms with E-state index in [9.17, 15) is 19.7 Å². The van der Waals surface area contributed by atoms with Crippen LogP contribution >= 0.6 is 11.6 Å². The summed E-state index contributed by atoms with van der Waals surface area (Å²) in [7, 11) is 0. The average Bonchev–Trinajstić information content (AvgIpc) is 2.99. The summed E-state index contributed by atoms with van der Waals surface area (Å²) in [6.07, 6.45) is 0. The molecular formula is C16H14ClN3O5. The van der Waals surface area contributed by atoms with E-state index in [0.29, 0.717) is 10.7 Å². The van der Waals surface area contributed by atoms with E-state index in [2.05, 4.69) is 5.32 Å². The van der Waals surface area contributed by atoms with Crippen molar-refractivity contribution in [3.63, 3.8) is 0 Å². The van der Waals surface area contributed by atoms with Crippen molar-refractivity contribution < 1.29 is 18.9 Å². The minimum absolute atomic E-state index is 0.115. The Balaban J connectivity index is 1.58. The highest BCUT2D eigenvalue weighted by Gasteiger charge is 2.37. The number of carbonyl (C=O) groups excluding carboxylic acids is 2. The van der Waals surface area contributed by atoms with Crippen LogP contribution in [-0.4, -0.2) is 34.7 Å². The fraction of sp³-hybridized carbons (Fsp3) is 0.250. The number of nitro groups is 1. The summed E-state index contributed by atoms with van der Waals surface area (Å²) in [4.78, 5) is 35.7. The Morgan fingerprint density at radius 1 is 1.32 bits per heavy atom. The van der Waals surface area contributed by atoms with Gasteiger partial charge in [0.1, 0.15) is 4.92 Å². The largest absolute Gasteiger partial charge is 0.433 e. The van der Waals surface area contributed by atoms with E-state index in [1.807, 2.05) is 6.92 Å². The van der Waals surface area contributed by atoms with Crippen molar-refractivity contribution in [2.45, 2.75) is 6.92 Å². The summed E-state index contributed by atoms with van der Waals surface area (Å²) in [5, 5.41) is 13.9. The first-order valence-electron chi connectivity index (χ1n) is 7.45. The number of hydrogen-bond donors (Lipinski definition) is 1. The number of hydrogen-bond acceptors (Lipinski definition) is 5. The maximum atomic E-state index is 12.3. The van der Waals surface area contributed by atoms with Crippen LogP contribution in [0.25, 0.3) is 0 Å². The lowest BCUT2D eigenvalue weighted by Crippen LogP contribution is -2.54. The Morgan fingerprint density at radius 3 is 2.68 bits per heavy atom. The summed E-state index contributed by atoms with van der Waals surface area (Å²) in [5.41, 5.74) is 1.51. The zero-order chi connectivity index (χ0) is 18.1. The zero-order valence-corrected chi connectivity index (χ0v) is 13.9. The molecule has 1 aliphatic rings. The molecular weight excluding hydrogens is 350 g/mol. The molecule has 3 rings (SSSR count). The summed E-state index contributed by atoms with van der Waals surface area (Å²) < 4.78 is 4.88. The van der Waals surface area contributed by atoms with E-state index < -0.39 is 16.7 Å². The molecule has 1 fully saturated rings. The van der Waals surface area contributed by atoms with Gasteiger partial charge in [0.15, 0.2) is 5.76 Å². The minimum atomic E-state index is -0.712. The van der Waals surface area contributed by atoms with Gasteiger partial charge in [0.05, 0.1) is 12.0 Å². The van der Waals surface area contributed by atoms with Gasteiger partial charge in [-0.15, -0.1) is 0 Å². The molecule has 0 aliphatic carbocycles. The van der Waals surface area contributed by atoms with Crippen LogP contribution in [-0.2, 0) is 4.79 Å². The topological polar surface area (TPSA) is 106 Å². The molecule has 0 unspecified atom stereocenters. The lowest BCUT2D eigenvalue weighted by molar-refractivity contribution is -0.402. The third-order valence-corrected chi connectivity index (χ3v) is 4.21. The van der Waals surface area contributed by atoms with Crippen LogP contribution in [0.4, 0.5) is 11.6 Å². The summed E-state index contributed by atoms with van der Waals surface area (Å²) in [6, 6.07) is 7.58. The highest BCUT2D eigenvalue weighted by Crippen LogP contribution is 2.25. The van der Waals surface area contributed by atoms with E-state index in [4.69, 9.17) is 16.0 Å². The predicted octanol–water partition coefficient (Wildman–Crippen LogP) is 2.86. The van der Waals surface area contributed by atoms with Gasteiger partial charge in [0.25, 0.3) is 5.91 Å². The van der Waals surface area contributed by atoms with Crippen molar-refractivity contribution in [1.82, 2.24) is 4.90 Å². The summed E-state index contributed by atoms with van der Waals surface area (Å²) >= 11 is 5.92. The number of anilines is 1. The molecule has 1 N–H and O–H groups in total. The van der Waals surface area contributed by atoms with Gasteiger partial charge in [-0.2, -0.15) is 0 Å². The van der Waals surface area contributed by atoms with Crippen LogP contribution in [0.1, 0.15) is 16.1 Å². The molecule has 130 valence electrons. The Labute approximate surface area is 147 Å². The molecule has 2 aromatic rings. The maximum Gasteiger partial charge on any atom is 0.433 e. The second kappa shape index (κ2) is 6.56. The number of likely N-dealkylation sites (tertiary alicyclic amines) is 1. The van der Waals surface area contributed by atoms with Crippen molar-refractivity contribution in [2.24, 2.45) is 5.92 Å². The van der Waals surface area contributed by atoms with Crippen LogP contribution in [0.15, 0.2) is 34.7 Å². The normalized spacial score (nSPS) is 14.1. The van der Waals surface area contributed by atoms with Crippen LogP contribution in [0.2, 0.25) is 5.02 Å². The third-order valence-electron chi connectivity index (χ3n) is 3.98. The second-order valence-corrected chi connectivity index (χ2v) is 6.19. The molecule has 0 bridgehead atoms. The van der Waals surface area contributed by atoms with Gasteiger partial charge in [-0.25, -0.2) is 0 Å². The quantitative estimate of drug-likeness (QED) is 0.664. The van der Waals surface area contributed by atoms with Crippen molar-refractivity contribution in [3.05, 3.63) is 56.8 Å². The fourth-order valence-corrected chi connectivity index (χ4v) is 2.64. The van der Waals surface area contributed by atoms with Gasteiger partial charge in [-0.1, -0.05) is 17.7 Å². The molecule has 1 saturated heterocycles. The van der Waals surface area contributed by atoms with Gasteiger partial charge in [-0.05, 0) is 30.7 Å². The SMILES string of the molecule is Cc1ccc(Cl)cc1NC(=O)C1CN(C(=O)c2ccc([N+](=O)[O-])o2)C1. The number of amides is 2. The maximum absolute atomic E-state index is 12.3. The molecule has 2 heterocycles. The number of benzene rings is 1. The molecule has 0 radical (unpaired) electrons. The van der Waals surface area contributed by atoms with Crippen molar-refractivity contribution >= 4 is 35.0 Å². The Kier molecular flexibility index (Phi) is 4.45. The van der Waals surface area contributed by atoms with Crippen molar-refractivity contribution in [1.29, 1.82) is 0 Å². The fourth-order valence-electron chi connectivity index (χ4n) is 2.47. The predicted molar refractivity (Wildman–Crippen MR) is 89.6 cm³/mol. The molecule has 1 aliphatic heterocycles. The number of nitrogens with zero attached hydrogens (tertiary/aromatic N) is 2. The zero-order valence-electron chi connectivity index (χ0n) is 13.2. The van der Waals surface area contributed by atoms with E-state index >= 15 is 0 Å². The average molecular weight is 364 g/mol. The molecule has 9 heteroatoms. The van der Waals surface area contributed by atoms with E-state index in [1.54, 1.807) is 18.2 Å². The third kappa shape index (κ3) is 3.48. The number of nitrogens with one attached hydrogen (secondary N) is 1. The van der Waals surface area contributed by atoms with Crippen LogP contribution in [0.5, 0.6) is 0 Å². The molecule has 0 saturated carbocycles. The highest BCUT2D eigenvalue weighted by atomic mass is 35.5. The van der Waals surface area contributed by atoms with Gasteiger partial charge in [-0.3, -0.25) is 19.7 Å². The van der Waals surface area contributed by atoms with Crippen LogP contribution in [0.3, 0.4) is 0 Å². The number of halogens is 1. The minimum Gasteiger partial charge on any atom is -0.395 e. The standard InChI is InChI=1S/C16H14ClN3O5/c1-9-2-3-11(17)6-12(9)18-15(21)10-7-19(8-10)16(22)13-4-5-14(25-13)20(23)24/h2-6,10H,7-8H2,1H3,(H,18,21). The highest BCUT2D eigenvalue weighted by molar-refractivity contribution is 6.31. The number of carbonyl (C=O) groups is 2. The number of furan rings is 1. The molecule has 1 aromatic carbocycles. The van der Waals surface area contributed by atoms with Crippen LogP contribution in [0, 0.1) is 23.0 Å². The first-order valence-corrected chi connectivity index (χ1v) is 7.83. The first-order chi connectivity index (χ1) is 11.8. The van der Waals surface area contributed by atoms with Gasteiger partial charge in [0, 0.05) is 23.8 Å². The Hall–Kier alpha value is -2.87. The van der Waals surface area contributed by atoms with Crippen LogP contribution < -0.4 is 5.32 Å². The molecule has 25 heavy (non-hydrogen) atoms. The molecule has 1 aromatic heterocycles. The number of rotatable bonds is 4. The van der Waals surface area contributed by atoms with Gasteiger partial charge in [0.2, 0.25) is 5.91 Å². The number of aryl methyl sites for hydroxylation is 1. The monoisotopic (exact) mass is 363 g/mol. The second-order valence-electron chi connectivity index (χ2n) is 5.75. The Bertz CT molecular complexity index is 857. The van der Waals surface area contributed by atoms with Crippen molar-refractivity contribution in [2.75, 3.05) is 18.4 Å². The van der Waals surface area contributed by atoms with E-state index in [1.165, 1.54) is 11.0 Å². The molecule has 8 nitrogen and oxygen atoms in total. The summed E-state index contributed by atoms with van der Waals surface area (Å²) in [6.45, 7) is 2.30. The molecule has 2 amide bonds. The molecule has 0 atom stereocenters. The molecule has 0 spiro atoms. The Morgan fingerprint density at radius 2 is 2.04 bits per heavy atom. The smallest absolute Gasteiger partial charge is 0.395 e. The summed E-state index contributed by atoms with van der Waals surface area (Å²) in [5.74, 6) is -1.64. The lowest BCUT2D eigenvalue weighted by Gasteiger charge is -2.37. The van der Waals surface area contributed by atoms with Gasteiger partial charge >= 0.3 is 5.88 Å². The van der Waals surface area contributed by atoms with E-state index in [0.717, 1.165) is 11.6 Å². The van der Waals surface area contributed by atoms with E-state index in [-0.39, 0.29) is 30.7 Å². The van der Waals surface area contributed by atoms with Gasteiger partial charge < -0.3 is 14.6 Å². The van der Waals surface area contributed by atoms with Crippen molar-refractivity contribution in [3.8, 4) is 0 Å². The first kappa shape index (κ1) is 17.0.